The van der Waals surface area contributed by atoms with Crippen LogP contribution in [0.15, 0.2) is 66.9 Å². The van der Waals surface area contributed by atoms with Crippen LogP contribution in [0, 0.1) is 0 Å². The van der Waals surface area contributed by atoms with Gasteiger partial charge in [0, 0.05) is 29.4 Å². The standard InChI is InChI=1S/C28H28N2O2/c1-32-23-14-15-24(22(17-23)19-31)27-26(21-11-6-3-7-12-21)25-13-8-16-30(28(25)29-27)18-20-9-4-2-5-10-20/h2,4-5,8-10,13-17,19,21H,3,6-7,11-12,18H2,1H3. The summed E-state index contributed by atoms with van der Waals surface area (Å²) in [6.07, 6.45) is 9.16. The molecule has 1 saturated carbocycles. The van der Waals surface area contributed by atoms with Crippen molar-refractivity contribution >= 4 is 6.29 Å². The first-order chi connectivity index (χ1) is 15.8. The number of ether oxygens (including phenoxy) is 1. The minimum Gasteiger partial charge on any atom is -0.497 e. The fourth-order valence-electron chi connectivity index (χ4n) is 5.07. The Morgan fingerprint density at radius 2 is 1.81 bits per heavy atom. The van der Waals surface area contributed by atoms with Gasteiger partial charge in [0.25, 0.3) is 0 Å². The zero-order valence-electron chi connectivity index (χ0n) is 18.5. The van der Waals surface area contributed by atoms with Crippen LogP contribution in [0.3, 0.4) is 0 Å². The van der Waals surface area contributed by atoms with Gasteiger partial charge in [-0.15, -0.1) is 0 Å². The van der Waals surface area contributed by atoms with Crippen molar-refractivity contribution in [3.8, 4) is 28.4 Å². The first-order valence-electron chi connectivity index (χ1n) is 11.4. The Kier molecular flexibility index (Phi) is 5.76. The summed E-state index contributed by atoms with van der Waals surface area (Å²) >= 11 is 0. The number of methoxy groups -OCH3 is 1. The summed E-state index contributed by atoms with van der Waals surface area (Å²) in [5.41, 5.74) is 6.22. The number of rotatable bonds is 6. The summed E-state index contributed by atoms with van der Waals surface area (Å²) in [5, 5.41) is 0. The topological polar surface area (TPSA) is 44.1 Å². The van der Waals surface area contributed by atoms with Gasteiger partial charge in [-0.05, 0) is 60.2 Å². The molecule has 2 heterocycles. The second-order valence-electron chi connectivity index (χ2n) is 8.64. The molecule has 0 atom stereocenters. The second kappa shape index (κ2) is 8.99. The van der Waals surface area contributed by atoms with E-state index in [0.29, 0.717) is 17.2 Å². The molecule has 0 spiro atoms. The van der Waals surface area contributed by atoms with E-state index < -0.39 is 0 Å². The molecule has 32 heavy (non-hydrogen) atoms. The number of benzene rings is 2. The fourth-order valence-corrected chi connectivity index (χ4v) is 5.07. The van der Waals surface area contributed by atoms with Crippen molar-refractivity contribution in [3.63, 3.8) is 0 Å². The van der Waals surface area contributed by atoms with E-state index in [2.05, 4.69) is 47.2 Å². The third kappa shape index (κ3) is 3.81. The maximum atomic E-state index is 12.0. The van der Waals surface area contributed by atoms with E-state index in [9.17, 15) is 4.79 Å². The molecule has 4 nitrogen and oxygen atoms in total. The van der Waals surface area contributed by atoms with E-state index in [1.807, 2.05) is 24.3 Å². The summed E-state index contributed by atoms with van der Waals surface area (Å²) in [7, 11) is 1.62. The summed E-state index contributed by atoms with van der Waals surface area (Å²) in [5.74, 6) is 2.14. The van der Waals surface area contributed by atoms with E-state index in [-0.39, 0.29) is 0 Å². The minimum atomic E-state index is 0.470. The van der Waals surface area contributed by atoms with Crippen LogP contribution in [0.5, 0.6) is 5.75 Å². The van der Waals surface area contributed by atoms with Crippen molar-refractivity contribution in [1.29, 1.82) is 0 Å². The normalized spacial score (nSPS) is 14.5. The molecule has 162 valence electrons. The molecule has 2 aromatic carbocycles. The zero-order chi connectivity index (χ0) is 21.9. The average molecular weight is 425 g/mol. The van der Waals surface area contributed by atoms with Crippen molar-refractivity contribution in [2.45, 2.75) is 44.6 Å². The molecule has 0 amide bonds. The lowest BCUT2D eigenvalue weighted by molar-refractivity contribution is 0.112. The van der Waals surface area contributed by atoms with Gasteiger partial charge in [-0.3, -0.25) is 4.79 Å². The Morgan fingerprint density at radius 1 is 1.00 bits per heavy atom. The molecule has 0 bridgehead atoms. The molecule has 3 aliphatic rings. The molecule has 1 aliphatic carbocycles. The van der Waals surface area contributed by atoms with Crippen molar-refractivity contribution in [3.05, 3.63) is 83.6 Å². The third-order valence-corrected chi connectivity index (χ3v) is 6.65. The van der Waals surface area contributed by atoms with Gasteiger partial charge in [0.15, 0.2) is 6.29 Å². The summed E-state index contributed by atoms with van der Waals surface area (Å²) in [6.45, 7) is 0.766. The van der Waals surface area contributed by atoms with Gasteiger partial charge in [0.05, 0.1) is 12.8 Å². The molecular weight excluding hydrogens is 396 g/mol. The van der Waals surface area contributed by atoms with Crippen LogP contribution in [-0.4, -0.2) is 22.9 Å². The molecule has 0 radical (unpaired) electrons. The SMILES string of the molecule is COc1ccc(-c2nc3n(Cc4ccccc4)cccc-3c2C2CCCCC2)c(C=O)c1. The largest absolute Gasteiger partial charge is 0.497 e. The predicted octanol–water partition coefficient (Wildman–Crippen LogP) is 6.57. The molecule has 5 rings (SSSR count). The molecule has 2 aromatic rings. The second-order valence-corrected chi connectivity index (χ2v) is 8.64. The van der Waals surface area contributed by atoms with Crippen LogP contribution in [0.1, 0.15) is 59.5 Å². The summed E-state index contributed by atoms with van der Waals surface area (Å²) in [6, 6.07) is 20.5. The Bertz CT molecular complexity index is 1190. The fraction of sp³-hybridized carbons (Fsp3) is 0.286. The lowest BCUT2D eigenvalue weighted by Crippen LogP contribution is -2.07. The van der Waals surface area contributed by atoms with Crippen molar-refractivity contribution in [2.75, 3.05) is 7.11 Å². The first-order valence-corrected chi connectivity index (χ1v) is 11.4. The highest BCUT2D eigenvalue weighted by Gasteiger charge is 2.29. The van der Waals surface area contributed by atoms with Crippen molar-refractivity contribution in [2.24, 2.45) is 0 Å². The lowest BCUT2D eigenvalue weighted by atomic mass is 9.81. The summed E-state index contributed by atoms with van der Waals surface area (Å²) in [4.78, 5) is 17.2. The molecule has 0 saturated heterocycles. The maximum Gasteiger partial charge on any atom is 0.150 e. The van der Waals surface area contributed by atoms with Crippen LogP contribution in [0.2, 0.25) is 0 Å². The number of hydrogen-bond acceptors (Lipinski definition) is 3. The first kappa shape index (κ1) is 20.5. The Hall–Kier alpha value is -3.40. The van der Waals surface area contributed by atoms with Crippen molar-refractivity contribution in [1.82, 2.24) is 9.55 Å². The Morgan fingerprint density at radius 3 is 2.56 bits per heavy atom. The maximum absolute atomic E-state index is 12.0. The molecule has 2 aliphatic heterocycles. The van der Waals surface area contributed by atoms with Gasteiger partial charge < -0.3 is 9.30 Å². The average Bonchev–Trinajstić information content (AvgIpc) is 3.25. The summed E-state index contributed by atoms with van der Waals surface area (Å²) < 4.78 is 7.58. The number of carbonyl (C=O) groups is 1. The predicted molar refractivity (Wildman–Crippen MR) is 128 cm³/mol. The third-order valence-electron chi connectivity index (χ3n) is 6.65. The van der Waals surface area contributed by atoms with Crippen LogP contribution in [-0.2, 0) is 6.54 Å². The molecule has 1 fully saturated rings. The van der Waals surface area contributed by atoms with Gasteiger partial charge >= 0.3 is 0 Å². The van der Waals surface area contributed by atoms with Gasteiger partial charge in [-0.2, -0.15) is 0 Å². The lowest BCUT2D eigenvalue weighted by Gasteiger charge is -2.24. The number of pyridine rings is 1. The molecule has 0 aromatic heterocycles. The minimum absolute atomic E-state index is 0.470. The van der Waals surface area contributed by atoms with Crippen LogP contribution < -0.4 is 4.74 Å². The molecule has 0 unspecified atom stereocenters. The zero-order valence-corrected chi connectivity index (χ0v) is 18.5. The number of carbonyl (C=O) groups excluding carboxylic acids is 1. The van der Waals surface area contributed by atoms with E-state index in [1.165, 1.54) is 48.8 Å². The van der Waals surface area contributed by atoms with Gasteiger partial charge in [-0.25, -0.2) is 4.98 Å². The molecule has 0 N–H and O–H groups in total. The van der Waals surface area contributed by atoms with Gasteiger partial charge in [-0.1, -0.05) is 49.6 Å². The van der Waals surface area contributed by atoms with Gasteiger partial charge in [0.1, 0.15) is 11.6 Å². The highest BCUT2D eigenvalue weighted by molar-refractivity contribution is 5.91. The van der Waals surface area contributed by atoms with E-state index in [1.54, 1.807) is 7.11 Å². The van der Waals surface area contributed by atoms with Crippen LogP contribution in [0.25, 0.3) is 22.6 Å². The van der Waals surface area contributed by atoms with E-state index in [4.69, 9.17) is 9.72 Å². The Balaban J connectivity index is 1.69. The van der Waals surface area contributed by atoms with E-state index in [0.717, 1.165) is 29.9 Å². The highest BCUT2D eigenvalue weighted by atomic mass is 16.5. The highest BCUT2D eigenvalue weighted by Crippen LogP contribution is 2.45. The number of aldehydes is 1. The number of nitrogens with zero attached hydrogens (tertiary/aromatic N) is 2. The van der Waals surface area contributed by atoms with Crippen molar-refractivity contribution < 1.29 is 9.53 Å². The number of fused-ring (bicyclic) bond motifs is 1. The smallest absolute Gasteiger partial charge is 0.150 e. The van der Waals surface area contributed by atoms with E-state index >= 15 is 0 Å². The molecule has 4 heteroatoms. The number of aromatic nitrogens is 2. The Labute approximate surface area is 189 Å². The quantitative estimate of drug-likeness (QED) is 0.329. The van der Waals surface area contributed by atoms with Crippen LogP contribution >= 0.6 is 0 Å². The van der Waals surface area contributed by atoms with Crippen LogP contribution in [0.4, 0.5) is 0 Å². The monoisotopic (exact) mass is 424 g/mol. The van der Waals surface area contributed by atoms with Gasteiger partial charge in [0.2, 0.25) is 0 Å². The molecular formula is C28H28N2O2. The number of hydrogen-bond donors (Lipinski definition) is 0.